The first-order valence-electron chi connectivity index (χ1n) is 3.66. The molecule has 0 bridgehead atoms. The topological polar surface area (TPSA) is 27.7 Å². The summed E-state index contributed by atoms with van der Waals surface area (Å²) in [5.74, 6) is 0. The molecule has 0 radical (unpaired) electrons. The molecule has 2 atom stereocenters. The summed E-state index contributed by atoms with van der Waals surface area (Å²) in [5.41, 5.74) is 0. The summed E-state index contributed by atoms with van der Waals surface area (Å²) in [6, 6.07) is 0. The van der Waals surface area contributed by atoms with Crippen molar-refractivity contribution in [1.29, 1.82) is 0 Å². The highest BCUT2D eigenvalue weighted by molar-refractivity contribution is 8.24. The maximum Gasteiger partial charge on any atom is 0.182 e. The van der Waals surface area contributed by atoms with Gasteiger partial charge in [0.05, 0.1) is 6.10 Å². The summed E-state index contributed by atoms with van der Waals surface area (Å²) < 4.78 is 16.2. The van der Waals surface area contributed by atoms with E-state index in [2.05, 4.69) is 0 Å². The van der Waals surface area contributed by atoms with Gasteiger partial charge in [0.1, 0.15) is 0 Å². The molecule has 68 valence electrons. The monoisotopic (exact) mass is 180 g/mol. The van der Waals surface area contributed by atoms with E-state index in [1.807, 2.05) is 19.4 Å². The van der Waals surface area contributed by atoms with E-state index in [9.17, 15) is 0 Å². The number of rotatable bonds is 1. The van der Waals surface area contributed by atoms with Crippen molar-refractivity contribution in [3.05, 3.63) is 0 Å². The summed E-state index contributed by atoms with van der Waals surface area (Å²) in [4.78, 5) is 0. The van der Waals surface area contributed by atoms with Crippen molar-refractivity contribution in [2.24, 2.45) is 0 Å². The molecule has 0 aromatic heterocycles. The van der Waals surface area contributed by atoms with Crippen molar-refractivity contribution in [2.75, 3.05) is 19.6 Å². The van der Waals surface area contributed by atoms with Gasteiger partial charge in [-0.1, -0.05) is 0 Å². The van der Waals surface area contributed by atoms with E-state index in [0.29, 0.717) is 0 Å². The molecule has 0 spiro atoms. The lowest BCUT2D eigenvalue weighted by molar-refractivity contribution is -0.0939. The fraction of sp³-hybridized carbons (Fsp3) is 1.00. The van der Waals surface area contributed by atoms with Crippen molar-refractivity contribution in [1.82, 2.24) is 0 Å². The van der Waals surface area contributed by atoms with Gasteiger partial charge in [-0.15, -0.1) is 0 Å². The van der Waals surface area contributed by atoms with E-state index in [0.717, 1.165) is 6.42 Å². The SMILES string of the molecule is COC1CC(C)OS(C)(C)O1. The molecule has 11 heavy (non-hydrogen) atoms. The third kappa shape index (κ3) is 2.63. The highest BCUT2D eigenvalue weighted by atomic mass is 32.3. The molecule has 1 rings (SSSR count). The van der Waals surface area contributed by atoms with Crippen molar-refractivity contribution < 1.29 is 13.1 Å². The molecule has 0 aromatic rings. The van der Waals surface area contributed by atoms with Gasteiger partial charge in [-0.05, 0) is 6.92 Å². The Kier molecular flexibility index (Phi) is 2.80. The second-order valence-electron chi connectivity index (χ2n) is 3.05. The minimum atomic E-state index is -1.32. The predicted octanol–water partition coefficient (Wildman–Crippen LogP) is 1.68. The maximum atomic E-state index is 5.59. The Labute approximate surface area is 69.7 Å². The number of hydrogen-bond donors (Lipinski definition) is 0. The first-order valence-corrected chi connectivity index (χ1v) is 5.96. The molecule has 0 saturated carbocycles. The average molecular weight is 180 g/mol. The van der Waals surface area contributed by atoms with Gasteiger partial charge in [0.25, 0.3) is 0 Å². The average Bonchev–Trinajstić information content (AvgIpc) is 1.83. The molecule has 3 nitrogen and oxygen atoms in total. The molecule has 0 N–H and O–H groups in total. The Morgan fingerprint density at radius 3 is 2.45 bits per heavy atom. The van der Waals surface area contributed by atoms with Crippen LogP contribution in [0.4, 0.5) is 0 Å². The van der Waals surface area contributed by atoms with Crippen LogP contribution in [0.25, 0.3) is 0 Å². The molecular weight excluding hydrogens is 164 g/mol. The van der Waals surface area contributed by atoms with Crippen LogP contribution in [-0.4, -0.2) is 32.0 Å². The smallest absolute Gasteiger partial charge is 0.182 e. The molecule has 1 aliphatic heterocycles. The van der Waals surface area contributed by atoms with Crippen LogP contribution in [0.15, 0.2) is 0 Å². The first-order chi connectivity index (χ1) is 5.03. The Hall–Kier alpha value is 0.230. The fourth-order valence-corrected chi connectivity index (χ4v) is 2.75. The zero-order valence-corrected chi connectivity index (χ0v) is 8.31. The van der Waals surface area contributed by atoms with Gasteiger partial charge in [-0.3, -0.25) is 8.37 Å². The third-order valence-corrected chi connectivity index (χ3v) is 2.99. The molecule has 0 aliphatic carbocycles. The number of hydrogen-bond acceptors (Lipinski definition) is 3. The largest absolute Gasteiger partial charge is 0.354 e. The maximum absolute atomic E-state index is 5.59. The lowest BCUT2D eigenvalue weighted by Gasteiger charge is -2.44. The first kappa shape index (κ1) is 9.32. The van der Waals surface area contributed by atoms with Crippen LogP contribution < -0.4 is 0 Å². The Morgan fingerprint density at radius 1 is 1.36 bits per heavy atom. The number of ether oxygens (including phenoxy) is 1. The van der Waals surface area contributed by atoms with Crippen LogP contribution in [0.1, 0.15) is 13.3 Å². The fourth-order valence-electron chi connectivity index (χ4n) is 1.16. The highest BCUT2D eigenvalue weighted by Gasteiger charge is 2.27. The molecule has 0 aromatic carbocycles. The lowest BCUT2D eigenvalue weighted by atomic mass is 10.3. The van der Waals surface area contributed by atoms with Crippen molar-refractivity contribution >= 4 is 10.6 Å². The van der Waals surface area contributed by atoms with Crippen molar-refractivity contribution in [3.8, 4) is 0 Å². The molecule has 1 fully saturated rings. The van der Waals surface area contributed by atoms with Crippen LogP contribution in [0.3, 0.4) is 0 Å². The Morgan fingerprint density at radius 2 is 2.00 bits per heavy atom. The van der Waals surface area contributed by atoms with E-state index in [-0.39, 0.29) is 12.4 Å². The van der Waals surface area contributed by atoms with E-state index in [1.54, 1.807) is 7.11 Å². The summed E-state index contributed by atoms with van der Waals surface area (Å²) in [6.45, 7) is 2.04. The molecule has 4 heteroatoms. The second kappa shape index (κ2) is 3.31. The van der Waals surface area contributed by atoms with Crippen LogP contribution in [0.5, 0.6) is 0 Å². The Balaban J connectivity index is 2.51. The van der Waals surface area contributed by atoms with E-state index in [4.69, 9.17) is 13.1 Å². The van der Waals surface area contributed by atoms with Crippen LogP contribution in [0, 0.1) is 0 Å². The molecule has 1 aliphatic rings. The molecular formula is C7H16O3S. The van der Waals surface area contributed by atoms with E-state index < -0.39 is 10.6 Å². The minimum Gasteiger partial charge on any atom is -0.354 e. The molecule has 1 heterocycles. The number of methoxy groups -OCH3 is 1. The van der Waals surface area contributed by atoms with Gasteiger partial charge in [0.2, 0.25) is 0 Å². The normalized spacial score (nSPS) is 40.0. The van der Waals surface area contributed by atoms with Gasteiger partial charge in [-0.2, -0.15) is 10.6 Å². The van der Waals surface area contributed by atoms with Crippen LogP contribution in [0.2, 0.25) is 0 Å². The lowest BCUT2D eigenvalue weighted by Crippen LogP contribution is -2.31. The predicted molar refractivity (Wildman–Crippen MR) is 46.5 cm³/mol. The van der Waals surface area contributed by atoms with Gasteiger partial charge in [-0.25, -0.2) is 0 Å². The van der Waals surface area contributed by atoms with Crippen molar-refractivity contribution in [2.45, 2.75) is 25.7 Å². The summed E-state index contributed by atoms with van der Waals surface area (Å²) in [7, 11) is 0.347. The zero-order chi connectivity index (χ0) is 8.48. The molecule has 2 unspecified atom stereocenters. The summed E-state index contributed by atoms with van der Waals surface area (Å²) in [6.07, 6.45) is 4.96. The molecule has 0 amide bonds. The summed E-state index contributed by atoms with van der Waals surface area (Å²) >= 11 is 0. The van der Waals surface area contributed by atoms with Gasteiger partial charge in [0, 0.05) is 26.0 Å². The quantitative estimate of drug-likeness (QED) is 0.614. The minimum absolute atomic E-state index is 0.0799. The summed E-state index contributed by atoms with van der Waals surface area (Å²) in [5, 5.41) is 0. The van der Waals surface area contributed by atoms with Crippen LogP contribution in [-0.2, 0) is 13.1 Å². The third-order valence-electron chi connectivity index (χ3n) is 1.52. The van der Waals surface area contributed by atoms with E-state index in [1.165, 1.54) is 0 Å². The zero-order valence-electron chi connectivity index (χ0n) is 7.49. The Bertz CT molecular complexity index is 138. The second-order valence-corrected chi connectivity index (χ2v) is 5.72. The molecule has 1 saturated heterocycles. The van der Waals surface area contributed by atoms with Gasteiger partial charge >= 0.3 is 0 Å². The van der Waals surface area contributed by atoms with Crippen LogP contribution >= 0.6 is 10.6 Å². The van der Waals surface area contributed by atoms with Crippen molar-refractivity contribution in [3.63, 3.8) is 0 Å². The standard InChI is InChI=1S/C7H16O3S/c1-6-5-7(8-2)10-11(3,4)9-6/h6-7H,5H2,1-4H3. The highest BCUT2D eigenvalue weighted by Crippen LogP contribution is 2.49. The van der Waals surface area contributed by atoms with Gasteiger partial charge < -0.3 is 4.74 Å². The van der Waals surface area contributed by atoms with Gasteiger partial charge in [0.15, 0.2) is 6.29 Å². The van der Waals surface area contributed by atoms with E-state index >= 15 is 0 Å².